The molecule has 0 aliphatic heterocycles. The average molecular weight is 406 g/mol. The Kier molecular flexibility index (Phi) is 4.72. The number of hydrogen-bond donors (Lipinski definition) is 1. The number of pyridine rings is 1. The first-order valence-electron chi connectivity index (χ1n) is 5.33. The number of hydrogen-bond acceptors (Lipinski definition) is 3. The SMILES string of the molecule is O=S(=O)(NCc1ccccc1Br)c1cncc(Br)c1. The molecule has 1 aromatic heterocycles. The zero-order valence-corrected chi connectivity index (χ0v) is 13.7. The van der Waals surface area contributed by atoms with Crippen LogP contribution >= 0.6 is 31.9 Å². The topological polar surface area (TPSA) is 59.1 Å². The van der Waals surface area contributed by atoms with Crippen molar-refractivity contribution in [2.45, 2.75) is 11.4 Å². The van der Waals surface area contributed by atoms with Crippen molar-refractivity contribution in [2.24, 2.45) is 0 Å². The van der Waals surface area contributed by atoms with Crippen molar-refractivity contribution in [3.63, 3.8) is 0 Å². The zero-order chi connectivity index (χ0) is 13.9. The quantitative estimate of drug-likeness (QED) is 0.850. The molecular formula is C12H10Br2N2O2S. The molecule has 19 heavy (non-hydrogen) atoms. The van der Waals surface area contributed by atoms with Gasteiger partial charge < -0.3 is 0 Å². The number of nitrogens with one attached hydrogen (secondary N) is 1. The molecule has 0 saturated heterocycles. The summed E-state index contributed by atoms with van der Waals surface area (Å²) in [5.41, 5.74) is 0.869. The lowest BCUT2D eigenvalue weighted by Crippen LogP contribution is -2.23. The van der Waals surface area contributed by atoms with Crippen LogP contribution in [-0.4, -0.2) is 13.4 Å². The van der Waals surface area contributed by atoms with Gasteiger partial charge in [-0.25, -0.2) is 13.1 Å². The Hall–Kier alpha value is -0.760. The highest BCUT2D eigenvalue weighted by atomic mass is 79.9. The first-order valence-corrected chi connectivity index (χ1v) is 8.39. The molecule has 0 atom stereocenters. The Morgan fingerprint density at radius 3 is 2.58 bits per heavy atom. The Bertz CT molecular complexity index is 690. The van der Waals surface area contributed by atoms with Crippen LogP contribution in [0.1, 0.15) is 5.56 Å². The molecule has 100 valence electrons. The second-order valence-electron chi connectivity index (χ2n) is 3.75. The lowest BCUT2D eigenvalue weighted by atomic mass is 10.2. The molecule has 1 N–H and O–H groups in total. The molecule has 0 unspecified atom stereocenters. The van der Waals surface area contributed by atoms with Crippen molar-refractivity contribution in [3.05, 3.63) is 57.2 Å². The maximum absolute atomic E-state index is 12.1. The number of aromatic nitrogens is 1. The van der Waals surface area contributed by atoms with E-state index >= 15 is 0 Å². The highest BCUT2D eigenvalue weighted by Gasteiger charge is 2.14. The Labute approximate surface area is 128 Å². The minimum absolute atomic E-state index is 0.133. The third kappa shape index (κ3) is 3.85. The summed E-state index contributed by atoms with van der Waals surface area (Å²) in [7, 11) is -3.56. The van der Waals surface area contributed by atoms with Gasteiger partial charge in [-0.15, -0.1) is 0 Å². The summed E-state index contributed by atoms with van der Waals surface area (Å²) >= 11 is 6.58. The van der Waals surface area contributed by atoms with Gasteiger partial charge >= 0.3 is 0 Å². The molecule has 1 aromatic carbocycles. The largest absolute Gasteiger partial charge is 0.262 e. The molecule has 0 fully saturated rings. The Balaban J connectivity index is 2.17. The van der Waals surface area contributed by atoms with Crippen LogP contribution in [0, 0.1) is 0 Å². The van der Waals surface area contributed by atoms with Gasteiger partial charge in [0.25, 0.3) is 0 Å². The van der Waals surface area contributed by atoms with E-state index in [9.17, 15) is 8.42 Å². The molecule has 0 amide bonds. The van der Waals surface area contributed by atoms with E-state index in [2.05, 4.69) is 41.6 Å². The normalized spacial score (nSPS) is 11.5. The van der Waals surface area contributed by atoms with Gasteiger partial charge in [-0.3, -0.25) is 4.98 Å². The summed E-state index contributed by atoms with van der Waals surface area (Å²) in [5, 5.41) is 0. The predicted molar refractivity (Wildman–Crippen MR) is 80.1 cm³/mol. The lowest BCUT2D eigenvalue weighted by Gasteiger charge is -2.08. The molecule has 0 aliphatic rings. The Morgan fingerprint density at radius 1 is 1.16 bits per heavy atom. The van der Waals surface area contributed by atoms with E-state index in [1.54, 1.807) is 0 Å². The molecule has 0 spiro atoms. The van der Waals surface area contributed by atoms with E-state index in [1.807, 2.05) is 24.3 Å². The number of rotatable bonds is 4. The van der Waals surface area contributed by atoms with Gasteiger partial charge in [-0.05, 0) is 33.6 Å². The minimum atomic E-state index is -3.56. The molecule has 7 heteroatoms. The van der Waals surface area contributed by atoms with Crippen molar-refractivity contribution < 1.29 is 8.42 Å². The summed E-state index contributed by atoms with van der Waals surface area (Å²) in [6.07, 6.45) is 2.85. The van der Waals surface area contributed by atoms with Crippen LogP contribution in [0.25, 0.3) is 0 Å². The van der Waals surface area contributed by atoms with Crippen LogP contribution in [0.5, 0.6) is 0 Å². The maximum atomic E-state index is 12.1. The van der Waals surface area contributed by atoms with Gasteiger partial charge in [-0.1, -0.05) is 34.1 Å². The van der Waals surface area contributed by atoms with Crippen LogP contribution in [0.2, 0.25) is 0 Å². The fourth-order valence-corrected chi connectivity index (χ4v) is 3.37. The minimum Gasteiger partial charge on any atom is -0.262 e. The monoisotopic (exact) mass is 404 g/mol. The molecule has 1 heterocycles. The van der Waals surface area contributed by atoms with E-state index in [-0.39, 0.29) is 11.4 Å². The number of sulfonamides is 1. The van der Waals surface area contributed by atoms with Crippen LogP contribution < -0.4 is 4.72 Å². The standard InChI is InChI=1S/C12H10Br2N2O2S/c13-10-5-11(8-15-7-10)19(17,18)16-6-9-3-1-2-4-12(9)14/h1-5,7-8,16H,6H2. The molecule has 2 rings (SSSR count). The third-order valence-corrected chi connectivity index (χ3v) is 4.98. The van der Waals surface area contributed by atoms with Crippen molar-refractivity contribution in [1.29, 1.82) is 0 Å². The van der Waals surface area contributed by atoms with E-state index in [4.69, 9.17) is 0 Å². The molecule has 0 bridgehead atoms. The molecule has 0 saturated carbocycles. The highest BCUT2D eigenvalue weighted by molar-refractivity contribution is 9.10. The summed E-state index contributed by atoms with van der Waals surface area (Å²) in [4.78, 5) is 3.98. The van der Waals surface area contributed by atoms with Crippen LogP contribution in [-0.2, 0) is 16.6 Å². The summed E-state index contributed by atoms with van der Waals surface area (Å²) in [5.74, 6) is 0. The Morgan fingerprint density at radius 2 is 1.89 bits per heavy atom. The smallest absolute Gasteiger partial charge is 0.242 e. The van der Waals surface area contributed by atoms with Gasteiger partial charge in [0.1, 0.15) is 4.90 Å². The van der Waals surface area contributed by atoms with Gasteiger partial charge in [-0.2, -0.15) is 0 Å². The fraction of sp³-hybridized carbons (Fsp3) is 0.0833. The molecule has 0 radical (unpaired) electrons. The van der Waals surface area contributed by atoms with E-state index < -0.39 is 10.0 Å². The third-order valence-electron chi connectivity index (χ3n) is 2.40. The molecule has 0 aliphatic carbocycles. The van der Waals surface area contributed by atoms with Crippen molar-refractivity contribution in [3.8, 4) is 0 Å². The second kappa shape index (κ2) is 6.13. The number of nitrogens with zero attached hydrogens (tertiary/aromatic N) is 1. The van der Waals surface area contributed by atoms with Crippen LogP contribution in [0.4, 0.5) is 0 Å². The van der Waals surface area contributed by atoms with Gasteiger partial charge in [0.05, 0.1) is 0 Å². The van der Waals surface area contributed by atoms with Crippen LogP contribution in [0.15, 0.2) is 56.6 Å². The number of benzene rings is 1. The van der Waals surface area contributed by atoms with Gasteiger partial charge in [0, 0.05) is 27.9 Å². The average Bonchev–Trinajstić information content (AvgIpc) is 2.38. The van der Waals surface area contributed by atoms with E-state index in [1.165, 1.54) is 18.5 Å². The lowest BCUT2D eigenvalue weighted by molar-refractivity contribution is 0.580. The van der Waals surface area contributed by atoms with Crippen molar-refractivity contribution in [1.82, 2.24) is 9.71 Å². The molecular weight excluding hydrogens is 396 g/mol. The molecule has 4 nitrogen and oxygen atoms in total. The molecule has 2 aromatic rings. The van der Waals surface area contributed by atoms with Gasteiger partial charge in [0.2, 0.25) is 10.0 Å². The maximum Gasteiger partial charge on any atom is 0.242 e. The first kappa shape index (κ1) is 14.6. The predicted octanol–water partition coefficient (Wildman–Crippen LogP) is 3.09. The highest BCUT2D eigenvalue weighted by Crippen LogP contribution is 2.18. The second-order valence-corrected chi connectivity index (χ2v) is 7.29. The van der Waals surface area contributed by atoms with Crippen molar-refractivity contribution >= 4 is 41.9 Å². The summed E-state index contributed by atoms with van der Waals surface area (Å²) in [6.45, 7) is 0.219. The first-order chi connectivity index (χ1) is 8.99. The number of halogens is 2. The van der Waals surface area contributed by atoms with Crippen LogP contribution in [0.3, 0.4) is 0 Å². The van der Waals surface area contributed by atoms with E-state index in [0.29, 0.717) is 4.47 Å². The fourth-order valence-electron chi connectivity index (χ4n) is 1.44. The van der Waals surface area contributed by atoms with E-state index in [0.717, 1.165) is 10.0 Å². The zero-order valence-electron chi connectivity index (χ0n) is 9.68. The summed E-state index contributed by atoms with van der Waals surface area (Å²) < 4.78 is 28.2. The van der Waals surface area contributed by atoms with Crippen molar-refractivity contribution in [2.75, 3.05) is 0 Å². The summed E-state index contributed by atoms with van der Waals surface area (Å²) in [6, 6.07) is 8.96. The van der Waals surface area contributed by atoms with Gasteiger partial charge in [0.15, 0.2) is 0 Å².